The average Bonchev–Trinajstić information content (AvgIpc) is 2.91. The molecule has 0 saturated carbocycles. The fraction of sp³-hybridized carbons (Fsp3) is 0.875. The maximum absolute atomic E-state index is 5.71. The van der Waals surface area contributed by atoms with E-state index in [9.17, 15) is 0 Å². The van der Waals surface area contributed by atoms with E-state index in [-0.39, 0.29) is 0 Å². The molecule has 0 radical (unpaired) electrons. The van der Waals surface area contributed by atoms with E-state index in [1.165, 1.54) is 57.1 Å². The number of ether oxygens (including phenoxy) is 1. The second-order valence-electron chi connectivity index (χ2n) is 5.31. The number of rotatable bonds is 11. The number of hydrogen-bond acceptors (Lipinski definition) is 2. The lowest BCUT2D eigenvalue weighted by Gasteiger charge is -2.19. The molecule has 0 spiro atoms. The SMILES string of the molecule is CCCCCCCCC(NCCC)C1=CCCO1. The van der Waals surface area contributed by atoms with E-state index in [4.69, 9.17) is 4.74 Å². The van der Waals surface area contributed by atoms with Crippen LogP contribution < -0.4 is 5.32 Å². The molecule has 1 aliphatic rings. The molecule has 106 valence electrons. The Morgan fingerprint density at radius 2 is 1.89 bits per heavy atom. The van der Waals surface area contributed by atoms with Crippen molar-refractivity contribution in [2.24, 2.45) is 0 Å². The van der Waals surface area contributed by atoms with Crippen LogP contribution in [0.3, 0.4) is 0 Å². The molecule has 2 heteroatoms. The van der Waals surface area contributed by atoms with Crippen molar-refractivity contribution in [2.75, 3.05) is 13.2 Å². The molecule has 1 aliphatic heterocycles. The van der Waals surface area contributed by atoms with Gasteiger partial charge in [-0.1, -0.05) is 52.4 Å². The van der Waals surface area contributed by atoms with E-state index >= 15 is 0 Å². The quantitative estimate of drug-likeness (QED) is 0.551. The summed E-state index contributed by atoms with van der Waals surface area (Å²) in [5, 5.41) is 3.62. The molecule has 18 heavy (non-hydrogen) atoms. The number of nitrogens with one attached hydrogen (secondary N) is 1. The summed E-state index contributed by atoms with van der Waals surface area (Å²) in [5.74, 6) is 1.21. The summed E-state index contributed by atoms with van der Waals surface area (Å²) in [6.07, 6.45) is 14.0. The molecule has 1 N–H and O–H groups in total. The zero-order valence-electron chi connectivity index (χ0n) is 12.3. The minimum Gasteiger partial charge on any atom is -0.496 e. The highest BCUT2D eigenvalue weighted by molar-refractivity contribution is 5.06. The first-order valence-electron chi connectivity index (χ1n) is 7.94. The normalized spacial score (nSPS) is 16.4. The molecule has 0 fully saturated rings. The summed E-state index contributed by atoms with van der Waals surface area (Å²) in [5.41, 5.74) is 0. The smallest absolute Gasteiger partial charge is 0.109 e. The van der Waals surface area contributed by atoms with Crippen molar-refractivity contribution in [2.45, 2.75) is 77.7 Å². The molecule has 0 aromatic rings. The van der Waals surface area contributed by atoms with Crippen LogP contribution in [-0.2, 0) is 4.74 Å². The summed E-state index contributed by atoms with van der Waals surface area (Å²) in [4.78, 5) is 0. The van der Waals surface area contributed by atoms with Crippen molar-refractivity contribution >= 4 is 0 Å². The van der Waals surface area contributed by atoms with Crippen LogP contribution in [0, 0.1) is 0 Å². The van der Waals surface area contributed by atoms with Gasteiger partial charge in [-0.15, -0.1) is 0 Å². The molecule has 0 aliphatic carbocycles. The lowest BCUT2D eigenvalue weighted by Crippen LogP contribution is -2.31. The third-order valence-electron chi connectivity index (χ3n) is 3.56. The first-order valence-corrected chi connectivity index (χ1v) is 7.94. The van der Waals surface area contributed by atoms with Crippen molar-refractivity contribution in [1.29, 1.82) is 0 Å². The molecule has 1 unspecified atom stereocenters. The molecule has 2 nitrogen and oxygen atoms in total. The van der Waals surface area contributed by atoms with Gasteiger partial charge < -0.3 is 10.1 Å². The van der Waals surface area contributed by atoms with Gasteiger partial charge in [0.15, 0.2) is 0 Å². The van der Waals surface area contributed by atoms with Crippen LogP contribution >= 0.6 is 0 Å². The van der Waals surface area contributed by atoms with Crippen molar-refractivity contribution in [1.82, 2.24) is 5.32 Å². The fourth-order valence-corrected chi connectivity index (χ4v) is 2.47. The Morgan fingerprint density at radius 3 is 2.56 bits per heavy atom. The standard InChI is InChI=1S/C16H31NO/c1-3-5-6-7-8-9-11-15(17-13-4-2)16-12-10-14-18-16/h12,15,17H,3-11,13-14H2,1-2H3. The van der Waals surface area contributed by atoms with Gasteiger partial charge in [-0.3, -0.25) is 0 Å². The minimum absolute atomic E-state index is 0.471. The Morgan fingerprint density at radius 1 is 1.11 bits per heavy atom. The predicted molar refractivity (Wildman–Crippen MR) is 78.7 cm³/mol. The van der Waals surface area contributed by atoms with E-state index in [1.807, 2.05) is 0 Å². The van der Waals surface area contributed by atoms with E-state index in [1.54, 1.807) is 0 Å². The summed E-state index contributed by atoms with van der Waals surface area (Å²) in [7, 11) is 0. The topological polar surface area (TPSA) is 21.3 Å². The van der Waals surface area contributed by atoms with Crippen LogP contribution in [0.15, 0.2) is 11.8 Å². The maximum atomic E-state index is 5.71. The first-order chi connectivity index (χ1) is 8.88. The van der Waals surface area contributed by atoms with Gasteiger partial charge in [-0.05, 0) is 25.5 Å². The monoisotopic (exact) mass is 253 g/mol. The molecule has 0 bridgehead atoms. The average molecular weight is 253 g/mol. The summed E-state index contributed by atoms with van der Waals surface area (Å²) in [6, 6.07) is 0.471. The molecule has 0 aromatic heterocycles. The van der Waals surface area contributed by atoms with Crippen LogP contribution in [0.25, 0.3) is 0 Å². The highest BCUT2D eigenvalue weighted by Crippen LogP contribution is 2.18. The van der Waals surface area contributed by atoms with Crippen LogP contribution in [0.4, 0.5) is 0 Å². The molecule has 1 heterocycles. The Labute approximate surface area is 113 Å². The van der Waals surface area contributed by atoms with Crippen LogP contribution in [0.2, 0.25) is 0 Å². The Bertz CT molecular complexity index is 225. The second-order valence-corrected chi connectivity index (χ2v) is 5.31. The van der Waals surface area contributed by atoms with Gasteiger partial charge in [0.1, 0.15) is 5.76 Å². The molecular weight excluding hydrogens is 222 g/mol. The van der Waals surface area contributed by atoms with Crippen LogP contribution in [0.1, 0.15) is 71.6 Å². The van der Waals surface area contributed by atoms with Crippen molar-refractivity contribution in [3.63, 3.8) is 0 Å². The molecule has 0 amide bonds. The number of hydrogen-bond donors (Lipinski definition) is 1. The van der Waals surface area contributed by atoms with Crippen molar-refractivity contribution < 1.29 is 4.74 Å². The van der Waals surface area contributed by atoms with Gasteiger partial charge in [0, 0.05) is 6.42 Å². The largest absolute Gasteiger partial charge is 0.496 e. The second kappa shape index (κ2) is 10.4. The summed E-state index contributed by atoms with van der Waals surface area (Å²) < 4.78 is 5.71. The third-order valence-corrected chi connectivity index (χ3v) is 3.56. The van der Waals surface area contributed by atoms with E-state index in [2.05, 4.69) is 25.2 Å². The molecular formula is C16H31NO. The Hall–Kier alpha value is -0.500. The lowest BCUT2D eigenvalue weighted by molar-refractivity contribution is 0.210. The summed E-state index contributed by atoms with van der Waals surface area (Å²) >= 11 is 0. The minimum atomic E-state index is 0.471. The van der Waals surface area contributed by atoms with Gasteiger partial charge in [0.2, 0.25) is 0 Å². The summed E-state index contributed by atoms with van der Waals surface area (Å²) in [6.45, 7) is 6.48. The van der Waals surface area contributed by atoms with Crippen molar-refractivity contribution in [3.05, 3.63) is 11.8 Å². The number of unbranched alkanes of at least 4 members (excludes halogenated alkanes) is 5. The van der Waals surface area contributed by atoms with Gasteiger partial charge in [-0.25, -0.2) is 0 Å². The molecule has 0 aromatic carbocycles. The van der Waals surface area contributed by atoms with Crippen molar-refractivity contribution in [3.8, 4) is 0 Å². The predicted octanol–water partition coefficient (Wildman–Crippen LogP) is 4.41. The van der Waals surface area contributed by atoms with Crippen LogP contribution in [-0.4, -0.2) is 19.2 Å². The zero-order chi connectivity index (χ0) is 13.1. The van der Waals surface area contributed by atoms with E-state index < -0.39 is 0 Å². The van der Waals surface area contributed by atoms with E-state index in [0.717, 1.165) is 19.6 Å². The Balaban J connectivity index is 2.15. The third kappa shape index (κ3) is 6.44. The van der Waals surface area contributed by atoms with Gasteiger partial charge in [-0.2, -0.15) is 0 Å². The Kier molecular flexibility index (Phi) is 9.01. The highest BCUT2D eigenvalue weighted by Gasteiger charge is 2.17. The molecule has 1 rings (SSSR count). The highest BCUT2D eigenvalue weighted by atomic mass is 16.5. The zero-order valence-corrected chi connectivity index (χ0v) is 12.3. The van der Waals surface area contributed by atoms with E-state index in [0.29, 0.717) is 6.04 Å². The van der Waals surface area contributed by atoms with Gasteiger partial charge in [0.25, 0.3) is 0 Å². The lowest BCUT2D eigenvalue weighted by atomic mass is 10.0. The maximum Gasteiger partial charge on any atom is 0.109 e. The molecule has 1 atom stereocenters. The fourth-order valence-electron chi connectivity index (χ4n) is 2.47. The molecule has 0 saturated heterocycles. The van der Waals surface area contributed by atoms with Gasteiger partial charge in [0.05, 0.1) is 12.6 Å². The van der Waals surface area contributed by atoms with Crippen LogP contribution in [0.5, 0.6) is 0 Å². The first kappa shape index (κ1) is 15.6. The van der Waals surface area contributed by atoms with Gasteiger partial charge >= 0.3 is 0 Å².